The molecule has 148 valence electrons. The number of carbonyl (C=O) groups is 1. The number of carbonyl (C=O) groups excluding carboxylic acids is 1. The number of nitro groups is 1. The summed E-state index contributed by atoms with van der Waals surface area (Å²) in [5.41, 5.74) is -0.235. The number of hydrogen-bond donors (Lipinski definition) is 0. The number of nitrogens with zero attached hydrogens (tertiary/aromatic N) is 2. The molecule has 0 aliphatic carbocycles. The Morgan fingerprint density at radius 2 is 2.07 bits per heavy atom. The van der Waals surface area contributed by atoms with Gasteiger partial charge in [-0.2, -0.15) is 0 Å². The van der Waals surface area contributed by atoms with Gasteiger partial charge in [0.1, 0.15) is 23.1 Å². The van der Waals surface area contributed by atoms with Gasteiger partial charge in [-0.1, -0.05) is 0 Å². The van der Waals surface area contributed by atoms with E-state index in [4.69, 9.17) is 14.2 Å². The van der Waals surface area contributed by atoms with Crippen LogP contribution in [0.1, 0.15) is 46.6 Å². The Kier molecular flexibility index (Phi) is 4.69. The highest BCUT2D eigenvalue weighted by Crippen LogP contribution is 2.42. The molecule has 0 N–H and O–H groups in total. The summed E-state index contributed by atoms with van der Waals surface area (Å²) in [7, 11) is 0. The predicted molar refractivity (Wildman–Crippen MR) is 98.3 cm³/mol. The third-order valence-corrected chi connectivity index (χ3v) is 4.43. The first-order valence-corrected chi connectivity index (χ1v) is 9.08. The monoisotopic (exact) mass is 378 g/mol. The second-order valence-corrected chi connectivity index (χ2v) is 8.68. The van der Waals surface area contributed by atoms with Crippen molar-refractivity contribution in [3.63, 3.8) is 0 Å². The molecule has 1 aromatic rings. The number of ether oxygens (including phenoxy) is 3. The quantitative estimate of drug-likeness (QED) is 0.588. The highest BCUT2D eigenvalue weighted by Gasteiger charge is 2.36. The summed E-state index contributed by atoms with van der Waals surface area (Å²) in [6.45, 7) is 10.1. The molecule has 2 heterocycles. The van der Waals surface area contributed by atoms with Crippen molar-refractivity contribution in [2.75, 3.05) is 13.1 Å². The van der Waals surface area contributed by atoms with Crippen LogP contribution in [0, 0.1) is 10.1 Å². The predicted octanol–water partition coefficient (Wildman–Crippen LogP) is 3.70. The normalized spacial score (nSPS) is 20.8. The van der Waals surface area contributed by atoms with Crippen molar-refractivity contribution in [2.24, 2.45) is 0 Å². The first kappa shape index (κ1) is 19.3. The largest absolute Gasteiger partial charge is 0.487 e. The molecular weight excluding hydrogens is 352 g/mol. The van der Waals surface area contributed by atoms with Crippen molar-refractivity contribution < 1.29 is 23.9 Å². The smallest absolute Gasteiger partial charge is 0.410 e. The molecule has 0 radical (unpaired) electrons. The average molecular weight is 378 g/mol. The molecule has 8 heteroatoms. The summed E-state index contributed by atoms with van der Waals surface area (Å²) in [5, 5.41) is 11.5. The number of benzene rings is 1. The summed E-state index contributed by atoms with van der Waals surface area (Å²) in [5.74, 6) is 0.787. The summed E-state index contributed by atoms with van der Waals surface area (Å²) < 4.78 is 17.1. The van der Waals surface area contributed by atoms with Gasteiger partial charge in [-0.25, -0.2) is 4.79 Å². The molecule has 8 nitrogen and oxygen atoms in total. The van der Waals surface area contributed by atoms with Crippen LogP contribution in [0.2, 0.25) is 0 Å². The van der Waals surface area contributed by atoms with Crippen LogP contribution >= 0.6 is 0 Å². The van der Waals surface area contributed by atoms with Gasteiger partial charge in [0, 0.05) is 37.1 Å². The Balaban J connectivity index is 1.73. The molecule has 0 spiro atoms. The first-order chi connectivity index (χ1) is 12.4. The van der Waals surface area contributed by atoms with E-state index in [-0.39, 0.29) is 17.5 Å². The van der Waals surface area contributed by atoms with E-state index in [1.54, 1.807) is 11.0 Å². The molecule has 0 aromatic heterocycles. The van der Waals surface area contributed by atoms with Crippen LogP contribution in [0.25, 0.3) is 0 Å². The summed E-state index contributed by atoms with van der Waals surface area (Å²) in [4.78, 5) is 24.8. The summed E-state index contributed by atoms with van der Waals surface area (Å²) in [6.07, 6.45) is 0.463. The van der Waals surface area contributed by atoms with Gasteiger partial charge >= 0.3 is 11.8 Å². The van der Waals surface area contributed by atoms with Crippen molar-refractivity contribution in [1.29, 1.82) is 0 Å². The standard InChI is InChI=1S/C19H26N2O6/c1-18(2,3)27-17(22)20-7-6-13(11-20)25-16-9-15-12(8-14(16)21(23)24)10-19(4,5)26-15/h8-9,13H,6-7,10-11H2,1-5H3. The second-order valence-electron chi connectivity index (χ2n) is 8.68. The zero-order valence-electron chi connectivity index (χ0n) is 16.4. The summed E-state index contributed by atoms with van der Waals surface area (Å²) >= 11 is 0. The van der Waals surface area contributed by atoms with Gasteiger partial charge in [-0.3, -0.25) is 10.1 Å². The molecule has 0 bridgehead atoms. The van der Waals surface area contributed by atoms with Crippen LogP contribution in [0.5, 0.6) is 11.5 Å². The van der Waals surface area contributed by atoms with E-state index in [1.165, 1.54) is 6.07 Å². The van der Waals surface area contributed by atoms with Crippen molar-refractivity contribution in [3.05, 3.63) is 27.8 Å². The molecule has 1 fully saturated rings. The Bertz CT molecular complexity index is 768. The first-order valence-electron chi connectivity index (χ1n) is 9.08. The fraction of sp³-hybridized carbons (Fsp3) is 0.632. The fourth-order valence-corrected chi connectivity index (χ4v) is 3.35. The van der Waals surface area contributed by atoms with Crippen LogP contribution in [0.3, 0.4) is 0 Å². The Labute approximate surface area is 158 Å². The number of nitro benzene ring substituents is 1. The molecule has 27 heavy (non-hydrogen) atoms. The second kappa shape index (κ2) is 6.58. The molecule has 1 aromatic carbocycles. The Hall–Kier alpha value is -2.51. The lowest BCUT2D eigenvalue weighted by molar-refractivity contribution is -0.386. The zero-order chi connectivity index (χ0) is 20.0. The number of likely N-dealkylation sites (tertiary alicyclic amines) is 1. The van der Waals surface area contributed by atoms with Crippen LogP contribution in [-0.4, -0.2) is 46.3 Å². The van der Waals surface area contributed by atoms with E-state index in [0.717, 1.165) is 5.56 Å². The molecular formula is C19H26N2O6. The van der Waals surface area contributed by atoms with Crippen LogP contribution in [0.4, 0.5) is 10.5 Å². The average Bonchev–Trinajstić information content (AvgIpc) is 3.07. The maximum atomic E-state index is 12.2. The SMILES string of the molecule is CC(C)(C)OC(=O)N1CCC(Oc2cc3c(cc2[N+](=O)[O-])CC(C)(C)O3)C1. The van der Waals surface area contributed by atoms with E-state index in [9.17, 15) is 14.9 Å². The van der Waals surface area contributed by atoms with Crippen molar-refractivity contribution in [3.8, 4) is 11.5 Å². The third-order valence-electron chi connectivity index (χ3n) is 4.43. The van der Waals surface area contributed by atoms with E-state index >= 15 is 0 Å². The molecule has 1 unspecified atom stereocenters. The highest BCUT2D eigenvalue weighted by atomic mass is 16.6. The van der Waals surface area contributed by atoms with Crippen LogP contribution in [0.15, 0.2) is 12.1 Å². The van der Waals surface area contributed by atoms with Gasteiger partial charge in [0.05, 0.1) is 11.5 Å². The molecule has 2 aliphatic rings. The van der Waals surface area contributed by atoms with Crippen LogP contribution < -0.4 is 9.47 Å². The van der Waals surface area contributed by atoms with E-state index < -0.39 is 22.2 Å². The zero-order valence-corrected chi connectivity index (χ0v) is 16.4. The lowest BCUT2D eigenvalue weighted by Crippen LogP contribution is -2.36. The minimum atomic E-state index is -0.570. The van der Waals surface area contributed by atoms with Gasteiger partial charge < -0.3 is 19.1 Å². The van der Waals surface area contributed by atoms with Crippen molar-refractivity contribution in [2.45, 2.75) is 64.8 Å². The summed E-state index contributed by atoms with van der Waals surface area (Å²) in [6, 6.07) is 3.12. The van der Waals surface area contributed by atoms with Gasteiger partial charge in [-0.05, 0) is 34.6 Å². The molecule has 1 amide bonds. The van der Waals surface area contributed by atoms with Gasteiger partial charge in [0.2, 0.25) is 5.75 Å². The maximum absolute atomic E-state index is 12.2. The lowest BCUT2D eigenvalue weighted by atomic mass is 10.0. The molecule has 3 rings (SSSR count). The number of amides is 1. The Morgan fingerprint density at radius 3 is 2.70 bits per heavy atom. The minimum Gasteiger partial charge on any atom is -0.487 e. The molecule has 0 saturated carbocycles. The topological polar surface area (TPSA) is 91.1 Å². The van der Waals surface area contributed by atoms with Gasteiger partial charge in [0.15, 0.2) is 0 Å². The van der Waals surface area contributed by atoms with Crippen LogP contribution in [-0.2, 0) is 11.2 Å². The van der Waals surface area contributed by atoms with E-state index in [2.05, 4.69) is 0 Å². The third kappa shape index (κ3) is 4.43. The lowest BCUT2D eigenvalue weighted by Gasteiger charge is -2.24. The maximum Gasteiger partial charge on any atom is 0.410 e. The van der Waals surface area contributed by atoms with E-state index in [0.29, 0.717) is 31.7 Å². The van der Waals surface area contributed by atoms with Gasteiger partial charge in [-0.15, -0.1) is 0 Å². The molecule has 2 aliphatic heterocycles. The fourth-order valence-electron chi connectivity index (χ4n) is 3.35. The van der Waals surface area contributed by atoms with E-state index in [1.807, 2.05) is 34.6 Å². The minimum absolute atomic E-state index is 0.0780. The Morgan fingerprint density at radius 1 is 1.37 bits per heavy atom. The number of fused-ring (bicyclic) bond motifs is 1. The van der Waals surface area contributed by atoms with Gasteiger partial charge in [0.25, 0.3) is 0 Å². The number of hydrogen-bond acceptors (Lipinski definition) is 6. The number of rotatable bonds is 3. The highest BCUT2D eigenvalue weighted by molar-refractivity contribution is 5.68. The molecule has 1 atom stereocenters. The van der Waals surface area contributed by atoms with Crippen molar-refractivity contribution >= 4 is 11.8 Å². The van der Waals surface area contributed by atoms with Crippen molar-refractivity contribution in [1.82, 2.24) is 4.90 Å². The molecule has 1 saturated heterocycles.